The molecule has 0 heterocycles. The Bertz CT molecular complexity index is 183. The number of carboxylic acids is 1. The number of hydrogen-bond donors (Lipinski definition) is 2. The summed E-state index contributed by atoms with van der Waals surface area (Å²) >= 11 is 0. The minimum atomic E-state index is -1.13. The number of rotatable bonds is 2. The predicted molar refractivity (Wildman–Crippen MR) is 35.2 cm³/mol. The molecule has 4 nitrogen and oxygen atoms in total. The largest absolute Gasteiger partial charge is 0.477 e. The van der Waals surface area contributed by atoms with Crippen molar-refractivity contribution in [3.63, 3.8) is 0 Å². The van der Waals surface area contributed by atoms with E-state index < -0.39 is 5.97 Å². The lowest BCUT2D eigenvalue weighted by molar-refractivity contribution is -0.134. The summed E-state index contributed by atoms with van der Waals surface area (Å²) in [6.45, 7) is 2.80. The third kappa shape index (κ3) is 2.86. The van der Waals surface area contributed by atoms with Gasteiger partial charge in [-0.2, -0.15) is 0 Å². The SMILES string of the molecule is CC=C(NC(C)=O)C(=O)O. The van der Waals surface area contributed by atoms with E-state index in [-0.39, 0.29) is 11.6 Å². The van der Waals surface area contributed by atoms with Gasteiger partial charge in [0.15, 0.2) is 0 Å². The maximum absolute atomic E-state index is 10.3. The van der Waals surface area contributed by atoms with Crippen molar-refractivity contribution in [3.05, 3.63) is 11.8 Å². The molecular formula is C6H9NO3. The molecule has 0 aromatic heterocycles. The van der Waals surface area contributed by atoms with Crippen LogP contribution in [0.25, 0.3) is 0 Å². The smallest absolute Gasteiger partial charge is 0.352 e. The first kappa shape index (κ1) is 8.68. The summed E-state index contributed by atoms with van der Waals surface area (Å²) in [5.41, 5.74) is -0.0903. The minimum absolute atomic E-state index is 0.0903. The summed E-state index contributed by atoms with van der Waals surface area (Å²) in [5, 5.41) is 10.5. The minimum Gasteiger partial charge on any atom is -0.477 e. The molecule has 0 radical (unpaired) electrons. The fourth-order valence-electron chi connectivity index (χ4n) is 0.439. The number of hydrogen-bond acceptors (Lipinski definition) is 2. The Labute approximate surface area is 58.5 Å². The van der Waals surface area contributed by atoms with E-state index >= 15 is 0 Å². The molecule has 10 heavy (non-hydrogen) atoms. The second-order valence-electron chi connectivity index (χ2n) is 1.69. The Balaban J connectivity index is 4.12. The highest BCUT2D eigenvalue weighted by Crippen LogP contribution is 1.86. The topological polar surface area (TPSA) is 66.4 Å². The van der Waals surface area contributed by atoms with Crippen LogP contribution in [0.4, 0.5) is 0 Å². The monoisotopic (exact) mass is 143 g/mol. The molecule has 0 aromatic carbocycles. The Hall–Kier alpha value is -1.32. The molecule has 0 aliphatic rings. The summed E-state index contributed by atoms with van der Waals surface area (Å²) in [5.74, 6) is -1.51. The van der Waals surface area contributed by atoms with E-state index in [9.17, 15) is 9.59 Å². The lowest BCUT2D eigenvalue weighted by atomic mass is 10.4. The van der Waals surface area contributed by atoms with Gasteiger partial charge in [0.2, 0.25) is 5.91 Å². The van der Waals surface area contributed by atoms with Crippen LogP contribution in [0.1, 0.15) is 13.8 Å². The fraction of sp³-hybridized carbons (Fsp3) is 0.333. The highest BCUT2D eigenvalue weighted by atomic mass is 16.4. The van der Waals surface area contributed by atoms with E-state index in [1.54, 1.807) is 6.92 Å². The molecule has 0 spiro atoms. The van der Waals surface area contributed by atoms with Crippen molar-refractivity contribution in [2.45, 2.75) is 13.8 Å². The Morgan fingerprint density at radius 3 is 2.10 bits per heavy atom. The van der Waals surface area contributed by atoms with Crippen LogP contribution < -0.4 is 5.32 Å². The van der Waals surface area contributed by atoms with Gasteiger partial charge < -0.3 is 10.4 Å². The first-order valence-electron chi connectivity index (χ1n) is 2.75. The molecule has 4 heteroatoms. The van der Waals surface area contributed by atoms with Gasteiger partial charge in [-0.25, -0.2) is 4.79 Å². The lowest BCUT2D eigenvalue weighted by Gasteiger charge is -1.99. The Kier molecular flexibility index (Phi) is 3.17. The maximum atomic E-state index is 10.3. The van der Waals surface area contributed by atoms with Gasteiger partial charge in [-0.15, -0.1) is 0 Å². The van der Waals surface area contributed by atoms with Gasteiger partial charge in [0.1, 0.15) is 5.70 Å². The average molecular weight is 143 g/mol. The molecule has 0 aliphatic carbocycles. The third-order valence-electron chi connectivity index (χ3n) is 0.830. The van der Waals surface area contributed by atoms with Crippen LogP contribution in [0.2, 0.25) is 0 Å². The number of amides is 1. The summed E-state index contributed by atoms with van der Waals surface area (Å²) in [6.07, 6.45) is 1.32. The predicted octanol–water partition coefficient (Wildman–Crippen LogP) is 0.111. The van der Waals surface area contributed by atoms with Crippen molar-refractivity contribution >= 4 is 11.9 Å². The van der Waals surface area contributed by atoms with Crippen molar-refractivity contribution in [3.8, 4) is 0 Å². The van der Waals surface area contributed by atoms with Crippen molar-refractivity contribution in [2.24, 2.45) is 0 Å². The summed E-state index contributed by atoms with van der Waals surface area (Å²) in [7, 11) is 0. The quantitative estimate of drug-likeness (QED) is 0.539. The molecule has 0 aromatic rings. The van der Waals surface area contributed by atoms with Crippen LogP contribution in [-0.2, 0) is 9.59 Å². The lowest BCUT2D eigenvalue weighted by Crippen LogP contribution is -2.24. The summed E-state index contributed by atoms with van der Waals surface area (Å²) in [4.78, 5) is 20.5. The van der Waals surface area contributed by atoms with E-state index in [0.717, 1.165) is 0 Å². The zero-order valence-corrected chi connectivity index (χ0v) is 5.84. The van der Waals surface area contributed by atoms with Gasteiger partial charge in [0, 0.05) is 6.92 Å². The van der Waals surface area contributed by atoms with Gasteiger partial charge in [0.25, 0.3) is 0 Å². The van der Waals surface area contributed by atoms with Crippen LogP contribution in [0.3, 0.4) is 0 Å². The van der Waals surface area contributed by atoms with E-state index in [1.807, 2.05) is 0 Å². The number of carbonyl (C=O) groups is 2. The molecule has 1 amide bonds. The van der Waals surface area contributed by atoms with Crippen LogP contribution in [0, 0.1) is 0 Å². The zero-order chi connectivity index (χ0) is 8.15. The van der Waals surface area contributed by atoms with E-state index in [2.05, 4.69) is 5.32 Å². The molecular weight excluding hydrogens is 134 g/mol. The number of aliphatic carboxylic acids is 1. The summed E-state index contributed by atoms with van der Waals surface area (Å²) < 4.78 is 0. The van der Waals surface area contributed by atoms with Crippen LogP contribution in [-0.4, -0.2) is 17.0 Å². The molecule has 0 rings (SSSR count). The number of carboxylic acid groups (broad SMARTS) is 1. The highest BCUT2D eigenvalue weighted by Gasteiger charge is 2.05. The van der Waals surface area contributed by atoms with Crippen molar-refractivity contribution in [1.29, 1.82) is 0 Å². The van der Waals surface area contributed by atoms with Crippen molar-refractivity contribution in [2.75, 3.05) is 0 Å². The molecule has 0 fully saturated rings. The molecule has 2 N–H and O–H groups in total. The maximum Gasteiger partial charge on any atom is 0.352 e. The van der Waals surface area contributed by atoms with Gasteiger partial charge in [-0.3, -0.25) is 4.79 Å². The molecule has 0 atom stereocenters. The second-order valence-corrected chi connectivity index (χ2v) is 1.69. The van der Waals surface area contributed by atoms with E-state index in [4.69, 9.17) is 5.11 Å². The van der Waals surface area contributed by atoms with Crippen LogP contribution >= 0.6 is 0 Å². The summed E-state index contributed by atoms with van der Waals surface area (Å²) in [6, 6.07) is 0. The number of nitrogens with one attached hydrogen (secondary N) is 1. The molecule has 0 aliphatic heterocycles. The van der Waals surface area contributed by atoms with Gasteiger partial charge in [-0.05, 0) is 6.92 Å². The zero-order valence-electron chi connectivity index (χ0n) is 5.84. The Morgan fingerprint density at radius 2 is 2.00 bits per heavy atom. The van der Waals surface area contributed by atoms with E-state index in [1.165, 1.54) is 13.0 Å². The van der Waals surface area contributed by atoms with Gasteiger partial charge >= 0.3 is 5.97 Å². The first-order chi connectivity index (χ1) is 4.57. The standard InChI is InChI=1S/C6H9NO3/c1-3-5(6(9)10)7-4(2)8/h3H,1-2H3,(H,7,8)(H,9,10). The normalized spacial score (nSPS) is 10.8. The van der Waals surface area contributed by atoms with Gasteiger partial charge in [-0.1, -0.05) is 6.08 Å². The first-order valence-corrected chi connectivity index (χ1v) is 2.75. The van der Waals surface area contributed by atoms with Crippen molar-refractivity contribution in [1.82, 2.24) is 5.32 Å². The fourth-order valence-corrected chi connectivity index (χ4v) is 0.439. The molecule has 0 unspecified atom stereocenters. The number of carbonyl (C=O) groups excluding carboxylic acids is 1. The number of allylic oxidation sites excluding steroid dienone is 1. The highest BCUT2D eigenvalue weighted by molar-refractivity contribution is 5.91. The average Bonchev–Trinajstić information content (AvgIpc) is 1.81. The van der Waals surface area contributed by atoms with Gasteiger partial charge in [0.05, 0.1) is 0 Å². The van der Waals surface area contributed by atoms with Crippen LogP contribution in [0.5, 0.6) is 0 Å². The molecule has 0 saturated heterocycles. The second kappa shape index (κ2) is 3.66. The third-order valence-corrected chi connectivity index (χ3v) is 0.830. The van der Waals surface area contributed by atoms with Crippen molar-refractivity contribution < 1.29 is 14.7 Å². The molecule has 0 bridgehead atoms. The van der Waals surface area contributed by atoms with Crippen LogP contribution in [0.15, 0.2) is 11.8 Å². The van der Waals surface area contributed by atoms with E-state index in [0.29, 0.717) is 0 Å². The molecule has 0 saturated carbocycles. The Morgan fingerprint density at radius 1 is 1.50 bits per heavy atom. The molecule has 56 valence electrons.